The Kier molecular flexibility index (Phi) is 6.43. The Balaban J connectivity index is 1.29. The van der Waals surface area contributed by atoms with E-state index in [0.717, 1.165) is 42.6 Å². The summed E-state index contributed by atoms with van der Waals surface area (Å²) in [5.74, 6) is 1.35. The molecule has 0 radical (unpaired) electrons. The van der Waals surface area contributed by atoms with E-state index in [0.29, 0.717) is 49.1 Å². The Bertz CT molecular complexity index is 1280. The number of aryl methyl sites for hydroxylation is 1. The van der Waals surface area contributed by atoms with Gasteiger partial charge in [0.2, 0.25) is 5.91 Å². The van der Waals surface area contributed by atoms with E-state index >= 15 is 0 Å². The quantitative estimate of drug-likeness (QED) is 0.614. The van der Waals surface area contributed by atoms with Gasteiger partial charge in [-0.25, -0.2) is 0 Å². The number of hydrogen-bond acceptors (Lipinski definition) is 5. The molecule has 5 rings (SSSR count). The van der Waals surface area contributed by atoms with Crippen LogP contribution in [0.15, 0.2) is 46.9 Å². The number of anilines is 1. The van der Waals surface area contributed by atoms with E-state index in [1.165, 1.54) is 0 Å². The zero-order chi connectivity index (χ0) is 24.4. The van der Waals surface area contributed by atoms with Crippen molar-refractivity contribution in [2.75, 3.05) is 38.0 Å². The first-order valence-electron chi connectivity index (χ1n) is 12.1. The van der Waals surface area contributed by atoms with E-state index in [1.807, 2.05) is 46.7 Å². The summed E-state index contributed by atoms with van der Waals surface area (Å²) in [5, 5.41) is 13.0. The summed E-state index contributed by atoms with van der Waals surface area (Å²) in [4.78, 5) is 29.5. The third-order valence-electron chi connectivity index (χ3n) is 6.83. The molecule has 2 aromatic heterocycles. The van der Waals surface area contributed by atoms with Crippen molar-refractivity contribution in [1.82, 2.24) is 14.4 Å². The Morgan fingerprint density at radius 1 is 1.03 bits per heavy atom. The topological polar surface area (TPSA) is 94.5 Å². The van der Waals surface area contributed by atoms with Crippen LogP contribution in [0.1, 0.15) is 46.0 Å². The SMILES string of the molecule is Cc1ccc(C(=O)N2CCN(CC(=O)Nc3c(C#N)c4c(n3-c3ccccc3)CCCC4)CC2)o1. The normalized spacial score (nSPS) is 15.9. The number of hydrogen-bond donors (Lipinski definition) is 1. The minimum absolute atomic E-state index is 0.118. The summed E-state index contributed by atoms with van der Waals surface area (Å²) in [7, 11) is 0. The van der Waals surface area contributed by atoms with Gasteiger partial charge in [-0.3, -0.25) is 19.1 Å². The van der Waals surface area contributed by atoms with Gasteiger partial charge in [0, 0.05) is 37.6 Å². The minimum atomic E-state index is -0.157. The molecule has 1 saturated heterocycles. The average molecular weight is 472 g/mol. The van der Waals surface area contributed by atoms with Crippen LogP contribution in [-0.2, 0) is 17.6 Å². The number of rotatable bonds is 5. The van der Waals surface area contributed by atoms with Gasteiger partial charge in [0.05, 0.1) is 12.1 Å². The summed E-state index contributed by atoms with van der Waals surface area (Å²) >= 11 is 0. The van der Waals surface area contributed by atoms with Crippen LogP contribution >= 0.6 is 0 Å². The lowest BCUT2D eigenvalue weighted by Gasteiger charge is -2.33. The number of fused-ring (bicyclic) bond motifs is 1. The highest BCUT2D eigenvalue weighted by Gasteiger charge is 2.28. The number of furan rings is 1. The predicted octanol–water partition coefficient (Wildman–Crippen LogP) is 3.53. The number of nitrogens with one attached hydrogen (secondary N) is 1. The molecule has 1 aliphatic heterocycles. The van der Waals surface area contributed by atoms with Crippen LogP contribution < -0.4 is 5.32 Å². The van der Waals surface area contributed by atoms with Gasteiger partial charge in [-0.05, 0) is 62.4 Å². The van der Waals surface area contributed by atoms with Gasteiger partial charge in [-0.15, -0.1) is 0 Å². The molecular formula is C27H29N5O3. The maximum atomic E-state index is 13.1. The first kappa shape index (κ1) is 22.9. The molecule has 0 atom stereocenters. The highest BCUT2D eigenvalue weighted by molar-refractivity contribution is 5.94. The number of nitrogens with zero attached hydrogens (tertiary/aromatic N) is 4. The van der Waals surface area contributed by atoms with Gasteiger partial charge in [0.15, 0.2) is 5.76 Å². The molecule has 3 heterocycles. The number of carbonyl (C=O) groups is 2. The second-order valence-corrected chi connectivity index (χ2v) is 9.17. The average Bonchev–Trinajstić information content (AvgIpc) is 3.45. The lowest BCUT2D eigenvalue weighted by atomic mass is 9.95. The first-order chi connectivity index (χ1) is 17.0. The second-order valence-electron chi connectivity index (χ2n) is 9.17. The van der Waals surface area contributed by atoms with Crippen LogP contribution in [0.2, 0.25) is 0 Å². The van der Waals surface area contributed by atoms with E-state index in [1.54, 1.807) is 17.0 Å². The molecule has 1 aromatic carbocycles. The van der Waals surface area contributed by atoms with Crippen LogP contribution in [0.4, 0.5) is 5.82 Å². The Hall–Kier alpha value is -3.83. The molecule has 0 spiro atoms. The molecule has 1 fully saturated rings. The largest absolute Gasteiger partial charge is 0.456 e. The van der Waals surface area contributed by atoms with Crippen molar-refractivity contribution in [3.05, 3.63) is 70.8 Å². The Morgan fingerprint density at radius 3 is 2.46 bits per heavy atom. The van der Waals surface area contributed by atoms with E-state index in [2.05, 4.69) is 11.4 Å². The fraction of sp³-hybridized carbons (Fsp3) is 0.370. The van der Waals surface area contributed by atoms with E-state index < -0.39 is 0 Å². The molecule has 2 amide bonds. The zero-order valence-corrected chi connectivity index (χ0v) is 19.9. The van der Waals surface area contributed by atoms with Gasteiger partial charge in [-0.1, -0.05) is 18.2 Å². The molecule has 35 heavy (non-hydrogen) atoms. The predicted molar refractivity (Wildman–Crippen MR) is 132 cm³/mol. The molecule has 0 unspecified atom stereocenters. The molecule has 180 valence electrons. The van der Waals surface area contributed by atoms with Crippen molar-refractivity contribution in [3.8, 4) is 11.8 Å². The molecule has 8 nitrogen and oxygen atoms in total. The summed E-state index contributed by atoms with van der Waals surface area (Å²) in [5.41, 5.74) is 3.69. The molecule has 0 bridgehead atoms. The third kappa shape index (κ3) is 4.60. The van der Waals surface area contributed by atoms with E-state index in [9.17, 15) is 14.9 Å². The number of aromatic nitrogens is 1. The summed E-state index contributed by atoms with van der Waals surface area (Å²) < 4.78 is 7.51. The van der Waals surface area contributed by atoms with Crippen LogP contribution in [0.25, 0.3) is 5.69 Å². The summed E-state index contributed by atoms with van der Waals surface area (Å²) in [6.07, 6.45) is 3.86. The minimum Gasteiger partial charge on any atom is -0.456 e. The van der Waals surface area contributed by atoms with E-state index in [4.69, 9.17) is 4.42 Å². The monoisotopic (exact) mass is 471 g/mol. The maximum Gasteiger partial charge on any atom is 0.289 e. The molecule has 0 saturated carbocycles. The molecule has 8 heteroatoms. The highest BCUT2D eigenvalue weighted by Crippen LogP contribution is 2.35. The number of nitriles is 1. The zero-order valence-electron chi connectivity index (χ0n) is 19.9. The second kappa shape index (κ2) is 9.80. The van der Waals surface area contributed by atoms with Crippen LogP contribution in [-0.4, -0.2) is 58.9 Å². The van der Waals surface area contributed by atoms with Gasteiger partial charge in [-0.2, -0.15) is 5.26 Å². The lowest BCUT2D eigenvalue weighted by molar-refractivity contribution is -0.117. The number of para-hydroxylation sites is 1. The van der Waals surface area contributed by atoms with Crippen molar-refractivity contribution in [1.29, 1.82) is 5.26 Å². The number of piperazine rings is 1. The number of benzene rings is 1. The molecular weight excluding hydrogens is 442 g/mol. The van der Waals surface area contributed by atoms with Crippen molar-refractivity contribution in [2.45, 2.75) is 32.6 Å². The summed E-state index contributed by atoms with van der Waals surface area (Å²) in [6, 6.07) is 15.7. The van der Waals surface area contributed by atoms with Gasteiger partial charge < -0.3 is 14.6 Å². The van der Waals surface area contributed by atoms with Crippen LogP contribution in [0, 0.1) is 18.3 Å². The Labute approximate surface area is 204 Å². The highest BCUT2D eigenvalue weighted by atomic mass is 16.3. The number of carbonyl (C=O) groups excluding carboxylic acids is 2. The lowest BCUT2D eigenvalue weighted by Crippen LogP contribution is -2.50. The van der Waals surface area contributed by atoms with Crippen molar-refractivity contribution in [3.63, 3.8) is 0 Å². The fourth-order valence-corrected chi connectivity index (χ4v) is 5.09. The molecule has 3 aromatic rings. The third-order valence-corrected chi connectivity index (χ3v) is 6.83. The Morgan fingerprint density at radius 2 is 1.77 bits per heavy atom. The van der Waals surface area contributed by atoms with Crippen molar-refractivity contribution < 1.29 is 14.0 Å². The smallest absolute Gasteiger partial charge is 0.289 e. The van der Waals surface area contributed by atoms with Crippen molar-refractivity contribution in [2.24, 2.45) is 0 Å². The number of amides is 2. The molecule has 1 aliphatic carbocycles. The molecule has 1 N–H and O–H groups in total. The van der Waals surface area contributed by atoms with Crippen molar-refractivity contribution >= 4 is 17.6 Å². The first-order valence-corrected chi connectivity index (χ1v) is 12.1. The van der Waals surface area contributed by atoms with Gasteiger partial charge in [0.1, 0.15) is 17.6 Å². The fourth-order valence-electron chi connectivity index (χ4n) is 5.09. The molecule has 2 aliphatic rings. The van der Waals surface area contributed by atoms with E-state index in [-0.39, 0.29) is 18.4 Å². The van der Waals surface area contributed by atoms with Crippen LogP contribution in [0.3, 0.4) is 0 Å². The standard InChI is InChI=1S/C27H29N5O3/c1-19-11-12-24(35-19)27(34)31-15-13-30(14-16-31)18-25(33)29-26-22(17-28)21-9-5-6-10-23(21)32(26)20-7-3-2-4-8-20/h2-4,7-8,11-12H,5-6,9-10,13-16,18H2,1H3,(H,29,33). The van der Waals surface area contributed by atoms with Crippen LogP contribution in [0.5, 0.6) is 0 Å². The summed E-state index contributed by atoms with van der Waals surface area (Å²) in [6.45, 7) is 4.28. The maximum absolute atomic E-state index is 13.1. The van der Waals surface area contributed by atoms with Gasteiger partial charge >= 0.3 is 0 Å². The van der Waals surface area contributed by atoms with Gasteiger partial charge in [0.25, 0.3) is 5.91 Å².